The molecule has 0 radical (unpaired) electrons. The van der Waals surface area contributed by atoms with Gasteiger partial charge in [0.15, 0.2) is 6.54 Å². The fourth-order valence-electron chi connectivity index (χ4n) is 3.14. The SMILES string of the molecule is C[NH+](CC(=O)Nc1ccccc1Cc1ccccc1)Cc1cccc(Cl)c1. The molecule has 0 saturated carbocycles. The van der Waals surface area contributed by atoms with Crippen LogP contribution in [0.1, 0.15) is 16.7 Å². The van der Waals surface area contributed by atoms with Gasteiger partial charge in [0.2, 0.25) is 0 Å². The molecule has 0 spiro atoms. The molecule has 1 amide bonds. The van der Waals surface area contributed by atoms with E-state index in [0.717, 1.165) is 39.7 Å². The zero-order valence-electron chi connectivity index (χ0n) is 15.4. The Kier molecular flexibility index (Phi) is 6.64. The summed E-state index contributed by atoms with van der Waals surface area (Å²) in [6.07, 6.45) is 0.794. The second kappa shape index (κ2) is 9.36. The molecule has 3 nitrogen and oxygen atoms in total. The number of anilines is 1. The highest BCUT2D eigenvalue weighted by Gasteiger charge is 2.13. The van der Waals surface area contributed by atoms with Gasteiger partial charge in [-0.15, -0.1) is 0 Å². The Balaban J connectivity index is 1.60. The van der Waals surface area contributed by atoms with Crippen molar-refractivity contribution >= 4 is 23.2 Å². The summed E-state index contributed by atoms with van der Waals surface area (Å²) in [5, 5.41) is 3.79. The minimum Gasteiger partial charge on any atom is -0.326 e. The summed E-state index contributed by atoms with van der Waals surface area (Å²) in [5.74, 6) is 0.00930. The van der Waals surface area contributed by atoms with Crippen molar-refractivity contribution in [3.8, 4) is 0 Å². The Hall–Kier alpha value is -2.62. The molecule has 0 aliphatic heterocycles. The van der Waals surface area contributed by atoms with Crippen LogP contribution in [-0.2, 0) is 17.8 Å². The van der Waals surface area contributed by atoms with E-state index in [1.807, 2.05) is 67.7 Å². The first-order valence-electron chi connectivity index (χ1n) is 9.07. The summed E-state index contributed by atoms with van der Waals surface area (Å²) in [4.78, 5) is 13.6. The van der Waals surface area contributed by atoms with E-state index >= 15 is 0 Å². The van der Waals surface area contributed by atoms with Crippen LogP contribution in [0.15, 0.2) is 78.9 Å². The first kappa shape index (κ1) is 19.2. The van der Waals surface area contributed by atoms with Gasteiger partial charge in [-0.2, -0.15) is 0 Å². The Morgan fingerprint density at radius 1 is 0.926 bits per heavy atom. The second-order valence-corrected chi connectivity index (χ2v) is 7.24. The first-order valence-corrected chi connectivity index (χ1v) is 9.45. The standard InChI is InChI=1S/C23H23ClN2O/c1-26(16-19-10-7-12-21(24)15-19)17-23(27)25-22-13-6-5-11-20(22)14-18-8-3-2-4-9-18/h2-13,15H,14,16-17H2,1H3,(H,25,27)/p+1. The maximum atomic E-state index is 12.5. The van der Waals surface area contributed by atoms with Crippen molar-refractivity contribution in [2.24, 2.45) is 0 Å². The van der Waals surface area contributed by atoms with E-state index in [0.29, 0.717) is 6.54 Å². The molecule has 1 atom stereocenters. The number of amides is 1. The highest BCUT2D eigenvalue weighted by atomic mass is 35.5. The fraction of sp³-hybridized carbons (Fsp3) is 0.174. The number of carbonyl (C=O) groups excluding carboxylic acids is 1. The number of hydrogen-bond acceptors (Lipinski definition) is 1. The molecule has 1 unspecified atom stereocenters. The molecule has 3 aromatic carbocycles. The zero-order chi connectivity index (χ0) is 19.1. The number of hydrogen-bond donors (Lipinski definition) is 2. The second-order valence-electron chi connectivity index (χ2n) is 6.81. The predicted molar refractivity (Wildman–Crippen MR) is 111 cm³/mol. The molecule has 138 valence electrons. The van der Waals surface area contributed by atoms with Crippen molar-refractivity contribution in [1.82, 2.24) is 0 Å². The van der Waals surface area contributed by atoms with Gasteiger partial charge in [0, 0.05) is 16.3 Å². The van der Waals surface area contributed by atoms with Crippen molar-refractivity contribution in [1.29, 1.82) is 0 Å². The highest BCUT2D eigenvalue weighted by Crippen LogP contribution is 2.19. The molecular formula is C23H24ClN2O+. The number of nitrogens with one attached hydrogen (secondary N) is 2. The molecule has 0 aliphatic carbocycles. The number of quaternary nitrogens is 1. The Bertz CT molecular complexity index is 896. The lowest BCUT2D eigenvalue weighted by molar-refractivity contribution is -0.885. The van der Waals surface area contributed by atoms with Gasteiger partial charge in [-0.3, -0.25) is 4.79 Å². The summed E-state index contributed by atoms with van der Waals surface area (Å²) in [5.41, 5.74) is 4.34. The maximum Gasteiger partial charge on any atom is 0.279 e. The lowest BCUT2D eigenvalue weighted by Crippen LogP contribution is -3.08. The average molecular weight is 380 g/mol. The van der Waals surface area contributed by atoms with Crippen LogP contribution in [0.2, 0.25) is 5.02 Å². The predicted octanol–water partition coefficient (Wildman–Crippen LogP) is 3.58. The molecule has 0 saturated heterocycles. The average Bonchev–Trinajstić information content (AvgIpc) is 2.64. The van der Waals surface area contributed by atoms with Gasteiger partial charge < -0.3 is 10.2 Å². The zero-order valence-corrected chi connectivity index (χ0v) is 16.2. The van der Waals surface area contributed by atoms with E-state index in [-0.39, 0.29) is 5.91 Å². The van der Waals surface area contributed by atoms with E-state index in [4.69, 9.17) is 11.6 Å². The van der Waals surface area contributed by atoms with Gasteiger partial charge in [-0.25, -0.2) is 0 Å². The van der Waals surface area contributed by atoms with Crippen molar-refractivity contribution in [3.05, 3.63) is 101 Å². The Morgan fingerprint density at radius 3 is 2.41 bits per heavy atom. The van der Waals surface area contributed by atoms with Crippen molar-refractivity contribution in [2.75, 3.05) is 18.9 Å². The van der Waals surface area contributed by atoms with E-state index in [1.165, 1.54) is 5.56 Å². The molecule has 0 bridgehead atoms. The monoisotopic (exact) mass is 379 g/mol. The van der Waals surface area contributed by atoms with Gasteiger partial charge in [-0.05, 0) is 35.7 Å². The third kappa shape index (κ3) is 5.95. The van der Waals surface area contributed by atoms with Crippen LogP contribution in [0.4, 0.5) is 5.69 Å². The molecule has 3 rings (SSSR count). The quantitative estimate of drug-likeness (QED) is 0.646. The maximum absolute atomic E-state index is 12.5. The molecule has 3 aromatic rings. The van der Waals surface area contributed by atoms with E-state index in [2.05, 4.69) is 23.5 Å². The third-order valence-electron chi connectivity index (χ3n) is 4.39. The topological polar surface area (TPSA) is 33.5 Å². The van der Waals surface area contributed by atoms with Crippen molar-refractivity contribution < 1.29 is 9.69 Å². The minimum atomic E-state index is 0.00930. The smallest absolute Gasteiger partial charge is 0.279 e. The van der Waals surface area contributed by atoms with Crippen molar-refractivity contribution in [2.45, 2.75) is 13.0 Å². The van der Waals surface area contributed by atoms with Crippen LogP contribution in [-0.4, -0.2) is 19.5 Å². The highest BCUT2D eigenvalue weighted by molar-refractivity contribution is 6.30. The van der Waals surface area contributed by atoms with Crippen molar-refractivity contribution in [3.63, 3.8) is 0 Å². The van der Waals surface area contributed by atoms with Crippen LogP contribution in [0.25, 0.3) is 0 Å². The molecule has 0 fully saturated rings. The lowest BCUT2D eigenvalue weighted by atomic mass is 10.0. The van der Waals surface area contributed by atoms with Crippen LogP contribution >= 0.6 is 11.6 Å². The summed E-state index contributed by atoms with van der Waals surface area (Å²) in [6, 6.07) is 26.0. The molecule has 4 heteroatoms. The molecule has 0 aliphatic rings. The van der Waals surface area contributed by atoms with Gasteiger partial charge in [0.1, 0.15) is 6.54 Å². The Morgan fingerprint density at radius 2 is 1.63 bits per heavy atom. The largest absolute Gasteiger partial charge is 0.326 e. The van der Waals surface area contributed by atoms with E-state index < -0.39 is 0 Å². The number of carbonyl (C=O) groups is 1. The van der Waals surface area contributed by atoms with Crippen LogP contribution < -0.4 is 10.2 Å². The number of benzene rings is 3. The summed E-state index contributed by atoms with van der Waals surface area (Å²) >= 11 is 6.04. The number of halogens is 1. The molecule has 0 aromatic heterocycles. The van der Waals surface area contributed by atoms with Crippen LogP contribution in [0, 0.1) is 0 Å². The molecule has 2 N–H and O–H groups in total. The summed E-state index contributed by atoms with van der Waals surface area (Å²) in [7, 11) is 2.01. The van der Waals surface area contributed by atoms with E-state index in [1.54, 1.807) is 0 Å². The summed E-state index contributed by atoms with van der Waals surface area (Å²) in [6.45, 7) is 1.14. The molecular weight excluding hydrogens is 356 g/mol. The van der Waals surface area contributed by atoms with Crippen LogP contribution in [0.3, 0.4) is 0 Å². The fourth-order valence-corrected chi connectivity index (χ4v) is 3.35. The Labute approximate surface area is 165 Å². The number of para-hydroxylation sites is 1. The summed E-state index contributed by atoms with van der Waals surface area (Å²) < 4.78 is 0. The van der Waals surface area contributed by atoms with Crippen LogP contribution in [0.5, 0.6) is 0 Å². The van der Waals surface area contributed by atoms with Gasteiger partial charge in [0.05, 0.1) is 7.05 Å². The van der Waals surface area contributed by atoms with E-state index in [9.17, 15) is 4.79 Å². The normalized spacial score (nSPS) is 11.8. The minimum absolute atomic E-state index is 0.00930. The number of likely N-dealkylation sites (N-methyl/N-ethyl adjacent to an activating group) is 1. The van der Waals surface area contributed by atoms with Gasteiger partial charge in [0.25, 0.3) is 5.91 Å². The van der Waals surface area contributed by atoms with Gasteiger partial charge in [-0.1, -0.05) is 72.3 Å². The first-order chi connectivity index (χ1) is 13.1. The lowest BCUT2D eigenvalue weighted by Gasteiger charge is -2.15. The number of rotatable bonds is 7. The van der Waals surface area contributed by atoms with Gasteiger partial charge >= 0.3 is 0 Å². The third-order valence-corrected chi connectivity index (χ3v) is 4.62. The molecule has 0 heterocycles. The molecule has 27 heavy (non-hydrogen) atoms.